The van der Waals surface area contributed by atoms with Gasteiger partial charge in [0, 0.05) is 29.4 Å². The molecule has 7 nitrogen and oxygen atoms in total. The van der Waals surface area contributed by atoms with E-state index in [1.165, 1.54) is 11.8 Å². The predicted molar refractivity (Wildman–Crippen MR) is 117 cm³/mol. The van der Waals surface area contributed by atoms with Gasteiger partial charge in [-0.1, -0.05) is 23.9 Å². The number of ketones is 1. The smallest absolute Gasteiger partial charge is 0.257 e. The Balaban J connectivity index is 1.91. The highest BCUT2D eigenvalue weighted by atomic mass is 32.2. The van der Waals surface area contributed by atoms with E-state index in [2.05, 4.69) is 21.9 Å². The van der Waals surface area contributed by atoms with E-state index in [1.54, 1.807) is 26.4 Å². The Morgan fingerprint density at radius 3 is 2.77 bits per heavy atom. The number of aromatic amines is 1. The summed E-state index contributed by atoms with van der Waals surface area (Å²) in [5.74, 6) is 1.80. The molecule has 1 aromatic heterocycles. The molecule has 2 aliphatic rings. The second kappa shape index (κ2) is 8.39. The molecule has 2 heterocycles. The lowest BCUT2D eigenvalue weighted by Gasteiger charge is -2.33. The molecule has 0 spiro atoms. The number of nitrogens with one attached hydrogen (secondary N) is 2. The van der Waals surface area contributed by atoms with Crippen molar-refractivity contribution in [3.8, 4) is 11.5 Å². The topological polar surface area (TPSA) is 93.3 Å². The summed E-state index contributed by atoms with van der Waals surface area (Å²) in [6.45, 7) is 3.71. The maximum Gasteiger partial charge on any atom is 0.257 e. The molecule has 30 heavy (non-hydrogen) atoms. The number of rotatable bonds is 6. The van der Waals surface area contributed by atoms with E-state index in [4.69, 9.17) is 9.47 Å². The number of anilines is 1. The van der Waals surface area contributed by atoms with Crippen LogP contribution in [0.3, 0.4) is 0 Å². The molecule has 1 aromatic carbocycles. The highest BCUT2D eigenvalue weighted by molar-refractivity contribution is 7.99. The molecule has 1 atom stereocenters. The van der Waals surface area contributed by atoms with E-state index < -0.39 is 5.92 Å². The number of ether oxygens (including phenoxy) is 2. The third-order valence-corrected chi connectivity index (χ3v) is 6.18. The van der Waals surface area contributed by atoms with Crippen molar-refractivity contribution in [2.75, 3.05) is 25.3 Å². The maximum atomic E-state index is 13.1. The Morgan fingerprint density at radius 2 is 2.03 bits per heavy atom. The van der Waals surface area contributed by atoms with Crippen molar-refractivity contribution in [1.82, 2.24) is 9.97 Å². The Labute approximate surface area is 178 Å². The molecule has 8 heteroatoms. The monoisotopic (exact) mass is 425 g/mol. The van der Waals surface area contributed by atoms with Gasteiger partial charge in [-0.2, -0.15) is 0 Å². The van der Waals surface area contributed by atoms with Crippen LogP contribution >= 0.6 is 11.8 Å². The molecular formula is C22H23N3O4S. The van der Waals surface area contributed by atoms with E-state index in [1.807, 2.05) is 12.1 Å². The van der Waals surface area contributed by atoms with E-state index in [9.17, 15) is 9.59 Å². The van der Waals surface area contributed by atoms with Crippen LogP contribution in [0.5, 0.6) is 11.5 Å². The van der Waals surface area contributed by atoms with Crippen LogP contribution < -0.4 is 20.3 Å². The van der Waals surface area contributed by atoms with Crippen LogP contribution in [0, 0.1) is 0 Å². The van der Waals surface area contributed by atoms with E-state index in [0.717, 1.165) is 24.1 Å². The maximum absolute atomic E-state index is 13.1. The lowest BCUT2D eigenvalue weighted by molar-refractivity contribution is -0.116. The summed E-state index contributed by atoms with van der Waals surface area (Å²) in [6.07, 6.45) is 3.75. The first kappa shape index (κ1) is 20.3. The van der Waals surface area contributed by atoms with Gasteiger partial charge in [-0.3, -0.25) is 9.59 Å². The van der Waals surface area contributed by atoms with Gasteiger partial charge in [0.15, 0.2) is 22.4 Å². The summed E-state index contributed by atoms with van der Waals surface area (Å²) >= 11 is 1.40. The van der Waals surface area contributed by atoms with Crippen LogP contribution in [0.1, 0.15) is 36.3 Å². The van der Waals surface area contributed by atoms with Crippen LogP contribution in [0.2, 0.25) is 0 Å². The van der Waals surface area contributed by atoms with Gasteiger partial charge in [-0.05, 0) is 30.5 Å². The fraction of sp³-hybridized carbons (Fsp3) is 0.318. The van der Waals surface area contributed by atoms with Crippen LogP contribution in [0.4, 0.5) is 5.82 Å². The molecule has 2 aromatic rings. The first-order valence-corrected chi connectivity index (χ1v) is 10.7. The van der Waals surface area contributed by atoms with Crippen LogP contribution in [0.15, 0.2) is 52.1 Å². The van der Waals surface area contributed by atoms with Gasteiger partial charge < -0.3 is 19.8 Å². The number of aromatic nitrogens is 2. The molecule has 0 amide bonds. The molecule has 0 saturated heterocycles. The minimum atomic E-state index is -0.515. The van der Waals surface area contributed by atoms with E-state index >= 15 is 0 Å². The number of fused-ring (bicyclic) bond motifs is 1. The van der Waals surface area contributed by atoms with Crippen molar-refractivity contribution >= 4 is 23.4 Å². The van der Waals surface area contributed by atoms with Gasteiger partial charge in [0.05, 0.1) is 19.8 Å². The average Bonchev–Trinajstić information content (AvgIpc) is 2.76. The van der Waals surface area contributed by atoms with Crippen molar-refractivity contribution in [1.29, 1.82) is 0 Å². The van der Waals surface area contributed by atoms with Gasteiger partial charge in [0.2, 0.25) is 0 Å². The molecule has 0 radical (unpaired) electrons. The second-order valence-electron chi connectivity index (χ2n) is 7.07. The molecular weight excluding hydrogens is 402 g/mol. The summed E-state index contributed by atoms with van der Waals surface area (Å²) < 4.78 is 10.8. The summed E-state index contributed by atoms with van der Waals surface area (Å²) in [5, 5.41) is 3.79. The van der Waals surface area contributed by atoms with Crippen molar-refractivity contribution in [2.45, 2.75) is 30.3 Å². The van der Waals surface area contributed by atoms with Gasteiger partial charge in [-0.15, -0.1) is 6.58 Å². The fourth-order valence-corrected chi connectivity index (χ4v) is 4.61. The lowest BCUT2D eigenvalue weighted by Crippen LogP contribution is -2.32. The average molecular weight is 426 g/mol. The highest BCUT2D eigenvalue weighted by Crippen LogP contribution is 2.45. The molecule has 0 bridgehead atoms. The van der Waals surface area contributed by atoms with E-state index in [0.29, 0.717) is 45.8 Å². The number of H-pyrrole nitrogens is 1. The number of nitrogens with zero attached hydrogens (tertiary/aromatic N) is 1. The zero-order valence-electron chi connectivity index (χ0n) is 16.9. The van der Waals surface area contributed by atoms with Crippen LogP contribution in [-0.4, -0.2) is 35.7 Å². The van der Waals surface area contributed by atoms with Crippen molar-refractivity contribution in [3.63, 3.8) is 0 Å². The third-order valence-electron chi connectivity index (χ3n) is 5.32. The quantitative estimate of drug-likeness (QED) is 0.415. The number of allylic oxidation sites excluding steroid dienone is 2. The minimum Gasteiger partial charge on any atom is -0.493 e. The van der Waals surface area contributed by atoms with Crippen molar-refractivity contribution in [3.05, 3.63) is 63.6 Å². The van der Waals surface area contributed by atoms with Crippen LogP contribution in [0.25, 0.3) is 0 Å². The first-order chi connectivity index (χ1) is 14.6. The minimum absolute atomic E-state index is 0.0543. The normalized spacial score (nSPS) is 17.7. The molecule has 1 aliphatic carbocycles. The molecule has 1 aliphatic heterocycles. The van der Waals surface area contributed by atoms with Gasteiger partial charge in [0.1, 0.15) is 5.82 Å². The molecule has 0 unspecified atom stereocenters. The predicted octanol–water partition coefficient (Wildman–Crippen LogP) is 3.63. The summed E-state index contributed by atoms with van der Waals surface area (Å²) in [5.41, 5.74) is 2.45. The fourth-order valence-electron chi connectivity index (χ4n) is 4.01. The largest absolute Gasteiger partial charge is 0.493 e. The number of methoxy groups -OCH3 is 2. The molecule has 156 valence electrons. The Kier molecular flexibility index (Phi) is 5.67. The Bertz CT molecular complexity index is 1110. The number of hydrogen-bond donors (Lipinski definition) is 2. The van der Waals surface area contributed by atoms with Crippen LogP contribution in [-0.2, 0) is 4.79 Å². The number of Topliss-reactive ketones (excluding diaryl/α,β-unsaturated/α-hetero) is 1. The van der Waals surface area contributed by atoms with Gasteiger partial charge in [-0.25, -0.2) is 4.98 Å². The number of carbonyl (C=O) groups excluding carboxylic acids is 1. The summed E-state index contributed by atoms with van der Waals surface area (Å²) in [7, 11) is 3.13. The summed E-state index contributed by atoms with van der Waals surface area (Å²) in [6, 6.07) is 5.48. The van der Waals surface area contributed by atoms with Crippen molar-refractivity contribution in [2.24, 2.45) is 0 Å². The zero-order valence-corrected chi connectivity index (χ0v) is 17.7. The zero-order chi connectivity index (χ0) is 21.3. The number of hydrogen-bond acceptors (Lipinski definition) is 7. The third kappa shape index (κ3) is 3.52. The standard InChI is InChI=1S/C22H23N3O4S/c1-4-10-30-22-24-20-19(21(27)25-22)17(18-13(23-20)6-5-7-14(18)26)12-8-9-15(28-2)16(11-12)29-3/h4,8-9,11,17H,1,5-7,10H2,2-3H3,(H2,23,24,25,27)/t17-/m1/s1. The van der Waals surface area contributed by atoms with Crippen molar-refractivity contribution < 1.29 is 14.3 Å². The SMILES string of the molecule is C=CCSc1nc2c(c(=O)[nH]1)[C@H](c1ccc(OC)c(OC)c1)C1=C(CCCC1=O)N2. The lowest BCUT2D eigenvalue weighted by atomic mass is 9.76. The van der Waals surface area contributed by atoms with Gasteiger partial charge >= 0.3 is 0 Å². The number of thioether (sulfide) groups is 1. The Hall–Kier alpha value is -3.00. The second-order valence-corrected chi connectivity index (χ2v) is 8.08. The number of carbonyl (C=O) groups is 1. The molecule has 0 saturated carbocycles. The first-order valence-electron chi connectivity index (χ1n) is 9.70. The van der Waals surface area contributed by atoms with Gasteiger partial charge in [0.25, 0.3) is 5.56 Å². The molecule has 2 N–H and O–H groups in total. The van der Waals surface area contributed by atoms with E-state index in [-0.39, 0.29) is 11.3 Å². The molecule has 0 fully saturated rings. The number of benzene rings is 1. The Morgan fingerprint density at radius 1 is 1.23 bits per heavy atom. The summed E-state index contributed by atoms with van der Waals surface area (Å²) in [4.78, 5) is 33.5. The highest BCUT2D eigenvalue weighted by Gasteiger charge is 2.38. The molecule has 4 rings (SSSR count).